The lowest BCUT2D eigenvalue weighted by Gasteiger charge is -2.42. The summed E-state index contributed by atoms with van der Waals surface area (Å²) in [5, 5.41) is 4.48. The van der Waals surface area contributed by atoms with Gasteiger partial charge in [0.05, 0.1) is 30.0 Å². The molecule has 0 N–H and O–H groups in total. The summed E-state index contributed by atoms with van der Waals surface area (Å²) in [6.07, 6.45) is -4.76. The number of carbonyl (C=O) groups is 3. The number of nitrogens with zero attached hydrogens (tertiary/aromatic N) is 3. The molecule has 3 rings (SSSR count). The summed E-state index contributed by atoms with van der Waals surface area (Å²) in [6, 6.07) is 7.04. The highest BCUT2D eigenvalue weighted by Gasteiger charge is 2.51. The highest BCUT2D eigenvalue weighted by molar-refractivity contribution is 6.28. The third kappa shape index (κ3) is 7.77. The predicted octanol–water partition coefficient (Wildman–Crippen LogP) is 5.01. The summed E-state index contributed by atoms with van der Waals surface area (Å²) in [5.41, 5.74) is -2.02. The van der Waals surface area contributed by atoms with Gasteiger partial charge in [-0.15, -0.1) is 5.10 Å². The minimum absolute atomic E-state index is 0.0522. The fourth-order valence-electron chi connectivity index (χ4n) is 3.58. The van der Waals surface area contributed by atoms with Crippen LogP contribution >= 0.6 is 11.6 Å². The van der Waals surface area contributed by atoms with E-state index in [4.69, 9.17) is 35.3 Å². The molecule has 2 aromatic rings. The molecule has 12 heteroatoms. The maximum atomic E-state index is 13.2. The Hall–Kier alpha value is -3.18. The number of hydrogen-bond donors (Lipinski definition) is 0. The molecule has 1 fully saturated rings. The van der Waals surface area contributed by atoms with Crippen molar-refractivity contribution < 1.29 is 38.1 Å². The Morgan fingerprint density at radius 3 is 1.80 bits per heavy atom. The molecule has 1 aromatic carbocycles. The highest BCUT2D eigenvalue weighted by Crippen LogP contribution is 2.36. The fraction of sp³-hybridized carbons (Fsp3) is 0.621. The highest BCUT2D eigenvalue weighted by atomic mass is 35.5. The molecule has 0 bridgehead atoms. The van der Waals surface area contributed by atoms with Crippen LogP contribution in [0.3, 0.4) is 0 Å². The summed E-state index contributed by atoms with van der Waals surface area (Å²) in [5.74, 6) is -0.777. The van der Waals surface area contributed by atoms with E-state index in [1.54, 1.807) is 93.7 Å². The predicted molar refractivity (Wildman–Crippen MR) is 150 cm³/mol. The quantitative estimate of drug-likeness (QED) is 0.333. The first-order valence-electron chi connectivity index (χ1n) is 13.3. The molecule has 1 aliphatic rings. The van der Waals surface area contributed by atoms with Gasteiger partial charge in [-0.05, 0) is 98.2 Å². The molecule has 0 radical (unpaired) electrons. The van der Waals surface area contributed by atoms with Gasteiger partial charge in [-0.2, -0.15) is 4.98 Å². The van der Waals surface area contributed by atoms with Crippen molar-refractivity contribution in [2.24, 2.45) is 16.2 Å². The van der Waals surface area contributed by atoms with Crippen molar-refractivity contribution in [3.05, 3.63) is 29.5 Å². The van der Waals surface area contributed by atoms with Crippen molar-refractivity contribution in [3.63, 3.8) is 0 Å². The molecule has 0 spiro atoms. The van der Waals surface area contributed by atoms with Crippen molar-refractivity contribution in [3.8, 4) is 17.1 Å². The minimum atomic E-state index is -1.29. The lowest BCUT2D eigenvalue weighted by atomic mass is 9.94. The SMILES string of the molecule is COc1ccc(-c2nc(Cl)n([C@@H]3OC[C@@H](OC(=O)C(C)(C)C)[C@H](OC(=O)C(C)(C)C)[C@H]3OC(=O)C(C)(C)C)n2)cc1. The van der Waals surface area contributed by atoms with E-state index in [9.17, 15) is 14.4 Å². The fourth-order valence-corrected chi connectivity index (χ4v) is 3.79. The number of methoxy groups -OCH3 is 1. The second-order valence-corrected chi connectivity index (χ2v) is 13.4. The van der Waals surface area contributed by atoms with Crippen LogP contribution in [0.1, 0.15) is 68.5 Å². The second kappa shape index (κ2) is 12.0. The first-order chi connectivity index (χ1) is 18.8. The normalized spacial score (nSPS) is 21.6. The zero-order chi connectivity index (χ0) is 30.9. The van der Waals surface area contributed by atoms with Gasteiger partial charge in [0.25, 0.3) is 0 Å². The standard InChI is InChI=1S/C29H40ClN3O8/c1-27(2,3)23(34)39-18-15-38-22(33-26(30)31-21(32-33)16-11-13-17(37-10)14-12-16)20(41-25(36)29(7,8)9)19(18)40-24(35)28(4,5)6/h11-14,18-20,22H,15H2,1-10H3/t18-,19+,20-,22-/m1/s1. The van der Waals surface area contributed by atoms with Gasteiger partial charge < -0.3 is 23.7 Å². The Labute approximate surface area is 245 Å². The number of hydrogen-bond acceptors (Lipinski definition) is 10. The molecule has 2 heterocycles. The average Bonchev–Trinajstić information content (AvgIpc) is 3.25. The van der Waals surface area contributed by atoms with Crippen molar-refractivity contribution in [1.29, 1.82) is 0 Å². The van der Waals surface area contributed by atoms with E-state index >= 15 is 0 Å². The Morgan fingerprint density at radius 1 is 0.829 bits per heavy atom. The smallest absolute Gasteiger partial charge is 0.311 e. The van der Waals surface area contributed by atoms with Crippen molar-refractivity contribution in [1.82, 2.24) is 14.8 Å². The van der Waals surface area contributed by atoms with E-state index in [0.717, 1.165) is 0 Å². The van der Waals surface area contributed by atoms with Crippen LogP contribution in [-0.2, 0) is 33.3 Å². The van der Waals surface area contributed by atoms with Crippen LogP contribution in [0.5, 0.6) is 5.75 Å². The van der Waals surface area contributed by atoms with Gasteiger partial charge in [0.15, 0.2) is 30.4 Å². The Kier molecular flexibility index (Phi) is 9.44. The van der Waals surface area contributed by atoms with E-state index in [1.165, 1.54) is 4.68 Å². The lowest BCUT2D eigenvalue weighted by Crippen LogP contribution is -2.57. The molecule has 0 unspecified atom stereocenters. The van der Waals surface area contributed by atoms with Crippen molar-refractivity contribution in [2.45, 2.75) is 86.9 Å². The number of esters is 3. The zero-order valence-corrected chi connectivity index (χ0v) is 26.1. The van der Waals surface area contributed by atoms with E-state index in [-0.39, 0.29) is 17.7 Å². The van der Waals surface area contributed by atoms with Crippen LogP contribution in [0, 0.1) is 16.2 Å². The Balaban J connectivity index is 2.09. The summed E-state index contributed by atoms with van der Waals surface area (Å²) in [6.45, 7) is 15.0. The van der Waals surface area contributed by atoms with E-state index in [2.05, 4.69) is 10.1 Å². The number of benzene rings is 1. The van der Waals surface area contributed by atoms with Crippen LogP contribution in [0.15, 0.2) is 24.3 Å². The maximum Gasteiger partial charge on any atom is 0.311 e. The molecule has 11 nitrogen and oxygen atoms in total. The van der Waals surface area contributed by atoms with E-state index in [0.29, 0.717) is 11.3 Å². The van der Waals surface area contributed by atoms with Crippen LogP contribution in [0.2, 0.25) is 5.28 Å². The van der Waals surface area contributed by atoms with Gasteiger partial charge in [-0.25, -0.2) is 4.68 Å². The van der Waals surface area contributed by atoms with Crippen LogP contribution in [-0.4, -0.2) is 64.7 Å². The lowest BCUT2D eigenvalue weighted by molar-refractivity contribution is -0.249. The molecule has 0 aliphatic carbocycles. The van der Waals surface area contributed by atoms with Gasteiger partial charge in [0.1, 0.15) is 5.75 Å². The molecule has 1 saturated heterocycles. The van der Waals surface area contributed by atoms with Gasteiger partial charge in [-0.1, -0.05) is 0 Å². The van der Waals surface area contributed by atoms with Crippen molar-refractivity contribution >= 4 is 29.5 Å². The van der Waals surface area contributed by atoms with E-state index < -0.39 is 58.7 Å². The summed E-state index contributed by atoms with van der Waals surface area (Å²) < 4.78 is 30.2. The molecular weight excluding hydrogens is 554 g/mol. The number of rotatable bonds is 6. The Morgan fingerprint density at radius 2 is 1.32 bits per heavy atom. The van der Waals surface area contributed by atoms with E-state index in [1.807, 2.05) is 0 Å². The zero-order valence-electron chi connectivity index (χ0n) is 25.3. The number of ether oxygens (including phenoxy) is 5. The molecule has 4 atom stereocenters. The third-order valence-corrected chi connectivity index (χ3v) is 6.42. The molecule has 226 valence electrons. The van der Waals surface area contributed by atoms with Crippen molar-refractivity contribution in [2.75, 3.05) is 13.7 Å². The molecule has 1 aromatic heterocycles. The second-order valence-electron chi connectivity index (χ2n) is 13.0. The minimum Gasteiger partial charge on any atom is -0.497 e. The first-order valence-corrected chi connectivity index (χ1v) is 13.7. The average molecular weight is 594 g/mol. The molecular formula is C29H40ClN3O8. The largest absolute Gasteiger partial charge is 0.497 e. The molecule has 0 saturated carbocycles. The first kappa shape index (κ1) is 32.3. The Bertz CT molecular complexity index is 1250. The third-order valence-electron chi connectivity index (χ3n) is 6.16. The number of carbonyl (C=O) groups excluding carboxylic acids is 3. The van der Waals surface area contributed by atoms with Crippen LogP contribution in [0.4, 0.5) is 0 Å². The van der Waals surface area contributed by atoms with Gasteiger partial charge in [0, 0.05) is 5.56 Å². The number of halogens is 1. The summed E-state index contributed by atoms with van der Waals surface area (Å²) >= 11 is 6.54. The molecule has 0 amide bonds. The molecule has 41 heavy (non-hydrogen) atoms. The molecule has 1 aliphatic heterocycles. The summed E-state index contributed by atoms with van der Waals surface area (Å²) in [7, 11) is 1.56. The van der Waals surface area contributed by atoms with Gasteiger partial charge >= 0.3 is 17.9 Å². The topological polar surface area (TPSA) is 128 Å². The van der Waals surface area contributed by atoms with Crippen LogP contribution in [0.25, 0.3) is 11.4 Å². The monoisotopic (exact) mass is 593 g/mol. The maximum absolute atomic E-state index is 13.2. The summed E-state index contributed by atoms with van der Waals surface area (Å²) in [4.78, 5) is 43.5. The number of aromatic nitrogens is 3. The van der Waals surface area contributed by atoms with Gasteiger partial charge in [-0.3, -0.25) is 14.4 Å². The van der Waals surface area contributed by atoms with Gasteiger partial charge in [0.2, 0.25) is 5.28 Å². The van der Waals surface area contributed by atoms with Crippen LogP contribution < -0.4 is 4.74 Å².